The first-order chi connectivity index (χ1) is 15.8. The fraction of sp³-hybridized carbons (Fsp3) is 0.348. The van der Waals surface area contributed by atoms with Gasteiger partial charge in [-0.15, -0.1) is 0 Å². The normalized spacial score (nSPS) is 22.6. The molecule has 3 aliphatic rings. The Morgan fingerprint density at radius 1 is 1.03 bits per heavy atom. The Hall–Kier alpha value is -3.24. The lowest BCUT2D eigenvalue weighted by Crippen LogP contribution is -2.43. The van der Waals surface area contributed by atoms with Crippen molar-refractivity contribution in [2.75, 3.05) is 25.0 Å². The van der Waals surface area contributed by atoms with Crippen LogP contribution < -0.4 is 10.6 Å². The molecule has 4 amide bonds. The van der Waals surface area contributed by atoms with Gasteiger partial charge in [-0.3, -0.25) is 14.5 Å². The highest BCUT2D eigenvalue weighted by Gasteiger charge is 2.55. The molecule has 1 atom stereocenters. The molecule has 1 aliphatic carbocycles. The number of carbonyl (C=O) groups excluding carboxylic acids is 3. The summed E-state index contributed by atoms with van der Waals surface area (Å²) in [6.07, 6.45) is 2.84. The molecule has 1 unspecified atom stereocenters. The summed E-state index contributed by atoms with van der Waals surface area (Å²) >= 11 is 0. The van der Waals surface area contributed by atoms with Crippen LogP contribution in [0.3, 0.4) is 0 Å². The van der Waals surface area contributed by atoms with Crippen molar-refractivity contribution in [3.05, 3.63) is 59.7 Å². The third-order valence-electron chi connectivity index (χ3n) is 6.56. The molecule has 10 heteroatoms. The Labute approximate surface area is 191 Å². The van der Waals surface area contributed by atoms with Crippen LogP contribution in [0.15, 0.2) is 53.4 Å². The van der Waals surface area contributed by atoms with E-state index in [1.807, 2.05) is 24.3 Å². The molecule has 2 N–H and O–H groups in total. The maximum atomic E-state index is 13.2. The van der Waals surface area contributed by atoms with E-state index >= 15 is 0 Å². The number of nitrogens with zero attached hydrogens (tertiary/aromatic N) is 2. The van der Waals surface area contributed by atoms with E-state index in [1.54, 1.807) is 0 Å². The Balaban J connectivity index is 1.26. The van der Waals surface area contributed by atoms with E-state index in [2.05, 4.69) is 10.6 Å². The SMILES string of the molecule is O=C(CN1C(=O)NC2(CCc3ccccc32)C1=O)Nc1ccc(S(=O)(=O)N2CCCC2)cc1. The molecule has 5 rings (SSSR count). The molecular formula is C23H24N4O5S. The van der Waals surface area contributed by atoms with Gasteiger partial charge in [-0.1, -0.05) is 24.3 Å². The summed E-state index contributed by atoms with van der Waals surface area (Å²) in [7, 11) is -3.54. The van der Waals surface area contributed by atoms with Gasteiger partial charge in [-0.05, 0) is 61.1 Å². The van der Waals surface area contributed by atoms with Crippen LogP contribution >= 0.6 is 0 Å². The van der Waals surface area contributed by atoms with Gasteiger partial charge in [-0.2, -0.15) is 4.31 Å². The predicted molar refractivity (Wildman–Crippen MR) is 120 cm³/mol. The molecule has 172 valence electrons. The van der Waals surface area contributed by atoms with Crippen molar-refractivity contribution in [1.29, 1.82) is 0 Å². The zero-order chi connectivity index (χ0) is 23.2. The standard InChI is InChI=1S/C23H24N4O5S/c28-20(24-17-7-9-18(10-8-17)33(31,32)26-13-3-4-14-26)15-27-21(29)23(25-22(27)30)12-11-16-5-1-2-6-19(16)23/h1-2,5-10H,3-4,11-15H2,(H,24,28)(H,25,30). The number of hydrogen-bond donors (Lipinski definition) is 2. The van der Waals surface area contributed by atoms with E-state index in [0.717, 1.165) is 28.9 Å². The number of benzene rings is 2. The summed E-state index contributed by atoms with van der Waals surface area (Å²) in [4.78, 5) is 39.4. The summed E-state index contributed by atoms with van der Waals surface area (Å²) in [6, 6.07) is 12.8. The number of hydrogen-bond acceptors (Lipinski definition) is 5. The molecule has 1 spiro atoms. The minimum Gasteiger partial charge on any atom is -0.325 e. The number of aryl methyl sites for hydroxylation is 1. The molecule has 2 heterocycles. The van der Waals surface area contributed by atoms with E-state index in [-0.39, 0.29) is 4.90 Å². The van der Waals surface area contributed by atoms with Crippen molar-refractivity contribution >= 4 is 33.6 Å². The summed E-state index contributed by atoms with van der Waals surface area (Å²) in [6.45, 7) is 0.597. The Morgan fingerprint density at radius 3 is 2.45 bits per heavy atom. The minimum absolute atomic E-state index is 0.165. The Morgan fingerprint density at radius 2 is 1.73 bits per heavy atom. The van der Waals surface area contributed by atoms with Gasteiger partial charge in [0.05, 0.1) is 4.90 Å². The van der Waals surface area contributed by atoms with Crippen molar-refractivity contribution in [2.45, 2.75) is 36.1 Å². The van der Waals surface area contributed by atoms with Crippen LogP contribution in [0.2, 0.25) is 0 Å². The van der Waals surface area contributed by atoms with Gasteiger partial charge < -0.3 is 10.6 Å². The number of fused-ring (bicyclic) bond motifs is 2. The fourth-order valence-electron chi connectivity index (χ4n) is 4.87. The van der Waals surface area contributed by atoms with Gasteiger partial charge in [0.2, 0.25) is 15.9 Å². The van der Waals surface area contributed by atoms with Crippen LogP contribution in [0.5, 0.6) is 0 Å². The number of anilines is 1. The molecule has 2 fully saturated rings. The van der Waals surface area contributed by atoms with E-state index in [9.17, 15) is 22.8 Å². The Kier molecular flexibility index (Phi) is 5.21. The second-order valence-corrected chi connectivity index (χ2v) is 10.5. The third kappa shape index (κ3) is 3.59. The van der Waals surface area contributed by atoms with E-state index in [0.29, 0.717) is 31.6 Å². The van der Waals surface area contributed by atoms with Gasteiger partial charge in [-0.25, -0.2) is 13.2 Å². The zero-order valence-electron chi connectivity index (χ0n) is 17.9. The highest BCUT2D eigenvalue weighted by atomic mass is 32.2. The second-order valence-electron chi connectivity index (χ2n) is 8.57. The largest absolute Gasteiger partial charge is 0.325 e. The van der Waals surface area contributed by atoms with Crippen LogP contribution in [0.1, 0.15) is 30.4 Å². The van der Waals surface area contributed by atoms with Gasteiger partial charge in [0, 0.05) is 18.8 Å². The van der Waals surface area contributed by atoms with Crippen LogP contribution in [0.4, 0.5) is 10.5 Å². The van der Waals surface area contributed by atoms with E-state index in [4.69, 9.17) is 0 Å². The number of sulfonamides is 1. The monoisotopic (exact) mass is 468 g/mol. The first-order valence-electron chi connectivity index (χ1n) is 10.9. The lowest BCUT2D eigenvalue weighted by atomic mass is 9.92. The highest BCUT2D eigenvalue weighted by Crippen LogP contribution is 2.41. The lowest BCUT2D eigenvalue weighted by Gasteiger charge is -2.22. The number of imide groups is 1. The highest BCUT2D eigenvalue weighted by molar-refractivity contribution is 7.89. The smallest absolute Gasteiger partial charge is 0.325 e. The zero-order valence-corrected chi connectivity index (χ0v) is 18.7. The number of carbonyl (C=O) groups is 3. The molecule has 0 saturated carbocycles. The maximum Gasteiger partial charge on any atom is 0.325 e. The summed E-state index contributed by atoms with van der Waals surface area (Å²) in [5.41, 5.74) is 1.07. The predicted octanol–water partition coefficient (Wildman–Crippen LogP) is 1.80. The van der Waals surface area contributed by atoms with Crippen LogP contribution in [-0.2, 0) is 31.6 Å². The van der Waals surface area contributed by atoms with Crippen LogP contribution in [0, 0.1) is 0 Å². The summed E-state index contributed by atoms with van der Waals surface area (Å²) in [5, 5.41) is 5.43. The number of nitrogens with one attached hydrogen (secondary N) is 2. The first-order valence-corrected chi connectivity index (χ1v) is 12.4. The van der Waals surface area contributed by atoms with Gasteiger partial charge >= 0.3 is 6.03 Å². The number of urea groups is 1. The lowest BCUT2D eigenvalue weighted by molar-refractivity contribution is -0.134. The molecule has 2 aliphatic heterocycles. The molecule has 2 aromatic rings. The third-order valence-corrected chi connectivity index (χ3v) is 8.48. The average Bonchev–Trinajstić information content (AvgIpc) is 3.52. The quantitative estimate of drug-likeness (QED) is 0.650. The molecule has 0 radical (unpaired) electrons. The number of amides is 4. The summed E-state index contributed by atoms with van der Waals surface area (Å²) < 4.78 is 26.7. The Bertz CT molecular complexity index is 1240. The second kappa shape index (κ2) is 7.96. The van der Waals surface area contributed by atoms with Crippen LogP contribution in [0.25, 0.3) is 0 Å². The van der Waals surface area contributed by atoms with E-state index in [1.165, 1.54) is 28.6 Å². The van der Waals surface area contributed by atoms with Gasteiger partial charge in [0.25, 0.3) is 5.91 Å². The van der Waals surface area contributed by atoms with Gasteiger partial charge in [0.15, 0.2) is 0 Å². The molecule has 0 bridgehead atoms. The topological polar surface area (TPSA) is 116 Å². The summed E-state index contributed by atoms with van der Waals surface area (Å²) in [5.74, 6) is -0.975. The van der Waals surface area contributed by atoms with Gasteiger partial charge in [0.1, 0.15) is 12.1 Å². The van der Waals surface area contributed by atoms with Crippen molar-refractivity contribution in [2.24, 2.45) is 0 Å². The minimum atomic E-state index is -3.54. The molecule has 2 aromatic carbocycles. The number of rotatable bonds is 5. The molecular weight excluding hydrogens is 444 g/mol. The van der Waals surface area contributed by atoms with Crippen LogP contribution in [-0.4, -0.2) is 55.1 Å². The maximum absolute atomic E-state index is 13.2. The van der Waals surface area contributed by atoms with Crippen molar-refractivity contribution < 1.29 is 22.8 Å². The van der Waals surface area contributed by atoms with Crippen molar-refractivity contribution in [3.8, 4) is 0 Å². The van der Waals surface area contributed by atoms with E-state index < -0.39 is 40.0 Å². The molecule has 0 aromatic heterocycles. The fourth-order valence-corrected chi connectivity index (χ4v) is 6.38. The molecule has 33 heavy (non-hydrogen) atoms. The van der Waals surface area contributed by atoms with Crippen molar-refractivity contribution in [3.63, 3.8) is 0 Å². The molecule has 2 saturated heterocycles. The first kappa shape index (κ1) is 21.6. The van der Waals surface area contributed by atoms with Crippen molar-refractivity contribution in [1.82, 2.24) is 14.5 Å². The molecule has 9 nitrogen and oxygen atoms in total. The average molecular weight is 469 g/mol.